The Labute approximate surface area is 125 Å². The smallest absolute Gasteiger partial charge is 0.177 e. The van der Waals surface area contributed by atoms with E-state index in [0.717, 1.165) is 17.9 Å². The normalized spacial score (nSPS) is 22.9. The Balaban J connectivity index is 2.22. The van der Waals surface area contributed by atoms with Crippen molar-refractivity contribution >= 4 is 33.0 Å². The highest BCUT2D eigenvalue weighted by Gasteiger charge is 2.27. The van der Waals surface area contributed by atoms with Crippen molar-refractivity contribution in [1.82, 2.24) is 0 Å². The lowest BCUT2D eigenvalue weighted by Gasteiger charge is -2.22. The minimum atomic E-state index is -3.28. The lowest BCUT2D eigenvalue weighted by atomic mass is 10.2. The minimum Gasteiger partial charge on any atom is -0.396 e. The summed E-state index contributed by atoms with van der Waals surface area (Å²) in [5.74, 6) is 1.10. The van der Waals surface area contributed by atoms with Gasteiger partial charge in [-0.15, -0.1) is 0 Å². The highest BCUT2D eigenvalue weighted by Crippen LogP contribution is 2.34. The molecule has 1 aromatic carbocycles. The molecule has 1 aliphatic rings. The van der Waals surface area contributed by atoms with Crippen LogP contribution in [0.5, 0.6) is 0 Å². The maximum Gasteiger partial charge on any atom is 0.177 e. The third kappa shape index (κ3) is 3.41. The number of hydrogen-bond acceptors (Lipinski definition) is 5. The van der Waals surface area contributed by atoms with E-state index in [1.54, 1.807) is 12.1 Å². The lowest BCUT2D eigenvalue weighted by Crippen LogP contribution is -2.26. The Morgan fingerprint density at radius 1 is 1.40 bits per heavy atom. The summed E-state index contributed by atoms with van der Waals surface area (Å²) in [6.45, 7) is 2.17. The number of nitrogens with one attached hydrogen (secondary N) is 1. The number of hydrogen-bond donors (Lipinski definition) is 2. The van der Waals surface area contributed by atoms with Crippen LogP contribution in [0, 0.1) is 0 Å². The lowest BCUT2D eigenvalue weighted by molar-refractivity contribution is 0.602. The fourth-order valence-electron chi connectivity index (χ4n) is 2.70. The Hall–Kier alpha value is -0.880. The van der Waals surface area contributed by atoms with Gasteiger partial charge in [-0.2, -0.15) is 11.8 Å². The van der Waals surface area contributed by atoms with Crippen LogP contribution in [-0.2, 0) is 9.84 Å². The second-order valence-electron chi connectivity index (χ2n) is 5.17. The Kier molecular flexibility index (Phi) is 4.86. The van der Waals surface area contributed by atoms with E-state index in [-0.39, 0.29) is 4.90 Å². The predicted molar refractivity (Wildman–Crippen MR) is 87.1 cm³/mol. The molecule has 0 bridgehead atoms. The zero-order valence-corrected chi connectivity index (χ0v) is 13.6. The molecular formula is C14H22N2O2S2. The monoisotopic (exact) mass is 314 g/mol. The van der Waals surface area contributed by atoms with Gasteiger partial charge in [-0.3, -0.25) is 0 Å². The van der Waals surface area contributed by atoms with Crippen LogP contribution in [-0.4, -0.2) is 31.7 Å². The van der Waals surface area contributed by atoms with E-state index in [1.807, 2.05) is 17.8 Å². The molecule has 4 nitrogen and oxygen atoms in total. The molecule has 1 fully saturated rings. The van der Waals surface area contributed by atoms with Crippen LogP contribution < -0.4 is 11.1 Å². The summed E-state index contributed by atoms with van der Waals surface area (Å²) in [7, 11) is -3.28. The predicted octanol–water partition coefficient (Wildman–Crippen LogP) is 2.76. The van der Waals surface area contributed by atoms with Gasteiger partial charge in [0.15, 0.2) is 9.84 Å². The molecule has 20 heavy (non-hydrogen) atoms. The number of sulfone groups is 1. The third-order valence-electron chi connectivity index (χ3n) is 3.64. The molecule has 2 rings (SSSR count). The molecule has 1 aromatic rings. The van der Waals surface area contributed by atoms with Crippen LogP contribution >= 0.6 is 11.8 Å². The standard InChI is InChI=1S/C14H22N2O2S2/c1-3-19-12-8-4-6-10(12)16-11-7-5-9-13(14(11)15)20(2,17)18/h5,7,9-10,12,16H,3-4,6,8,15H2,1-2H3. The number of nitrogens with two attached hydrogens (primary N) is 1. The van der Waals surface area contributed by atoms with E-state index in [4.69, 9.17) is 5.73 Å². The Morgan fingerprint density at radius 3 is 2.80 bits per heavy atom. The highest BCUT2D eigenvalue weighted by atomic mass is 32.2. The first kappa shape index (κ1) is 15.5. The van der Waals surface area contributed by atoms with E-state index in [1.165, 1.54) is 19.1 Å². The number of anilines is 2. The zero-order chi connectivity index (χ0) is 14.8. The van der Waals surface area contributed by atoms with Crippen molar-refractivity contribution in [3.8, 4) is 0 Å². The van der Waals surface area contributed by atoms with Gasteiger partial charge in [0.1, 0.15) is 0 Å². The van der Waals surface area contributed by atoms with Gasteiger partial charge in [-0.1, -0.05) is 19.4 Å². The van der Waals surface area contributed by atoms with E-state index < -0.39 is 9.84 Å². The minimum absolute atomic E-state index is 0.209. The van der Waals surface area contributed by atoms with Crippen molar-refractivity contribution in [2.24, 2.45) is 0 Å². The Bertz CT molecular complexity index is 573. The first-order valence-electron chi connectivity index (χ1n) is 6.90. The van der Waals surface area contributed by atoms with Crippen LogP contribution in [0.2, 0.25) is 0 Å². The van der Waals surface area contributed by atoms with Gasteiger partial charge in [0.25, 0.3) is 0 Å². The summed E-state index contributed by atoms with van der Waals surface area (Å²) in [6, 6.07) is 5.53. The van der Waals surface area contributed by atoms with Crippen LogP contribution in [0.3, 0.4) is 0 Å². The summed E-state index contributed by atoms with van der Waals surface area (Å²) in [5.41, 5.74) is 7.09. The van der Waals surface area contributed by atoms with Crippen molar-refractivity contribution in [1.29, 1.82) is 0 Å². The van der Waals surface area contributed by atoms with Crippen LogP contribution in [0.4, 0.5) is 11.4 Å². The fourth-order valence-corrected chi connectivity index (χ4v) is 4.73. The second-order valence-corrected chi connectivity index (χ2v) is 8.67. The first-order valence-corrected chi connectivity index (χ1v) is 9.84. The molecule has 0 heterocycles. The van der Waals surface area contributed by atoms with Crippen LogP contribution in [0.1, 0.15) is 26.2 Å². The molecule has 112 valence electrons. The average Bonchev–Trinajstić information content (AvgIpc) is 2.78. The largest absolute Gasteiger partial charge is 0.396 e. The van der Waals surface area contributed by atoms with E-state index in [0.29, 0.717) is 17.0 Å². The second kappa shape index (κ2) is 6.26. The summed E-state index contributed by atoms with van der Waals surface area (Å²) < 4.78 is 23.4. The Morgan fingerprint density at radius 2 is 2.15 bits per heavy atom. The fraction of sp³-hybridized carbons (Fsp3) is 0.571. The van der Waals surface area contributed by atoms with Crippen molar-refractivity contribution in [2.45, 2.75) is 42.4 Å². The van der Waals surface area contributed by atoms with Gasteiger partial charge >= 0.3 is 0 Å². The van der Waals surface area contributed by atoms with Gasteiger partial charge in [-0.25, -0.2) is 8.42 Å². The van der Waals surface area contributed by atoms with Crippen molar-refractivity contribution in [3.63, 3.8) is 0 Å². The molecule has 0 amide bonds. The molecule has 0 spiro atoms. The average molecular weight is 314 g/mol. The summed E-state index contributed by atoms with van der Waals surface area (Å²) in [5, 5.41) is 4.03. The zero-order valence-electron chi connectivity index (χ0n) is 11.9. The molecule has 0 radical (unpaired) electrons. The first-order chi connectivity index (χ1) is 9.43. The molecule has 1 aliphatic carbocycles. The van der Waals surface area contributed by atoms with Gasteiger partial charge < -0.3 is 11.1 Å². The van der Waals surface area contributed by atoms with Crippen LogP contribution in [0.15, 0.2) is 23.1 Å². The molecule has 2 unspecified atom stereocenters. The number of para-hydroxylation sites is 1. The molecule has 6 heteroatoms. The number of thioether (sulfide) groups is 1. The summed E-state index contributed by atoms with van der Waals surface area (Å²) >= 11 is 1.96. The molecule has 0 saturated heterocycles. The van der Waals surface area contributed by atoms with Gasteiger partial charge in [0.2, 0.25) is 0 Å². The molecular weight excluding hydrogens is 292 g/mol. The highest BCUT2D eigenvalue weighted by molar-refractivity contribution is 7.99. The van der Waals surface area contributed by atoms with Gasteiger partial charge in [-0.05, 0) is 30.7 Å². The molecule has 3 N–H and O–H groups in total. The number of nitrogen functional groups attached to an aromatic ring is 1. The van der Waals surface area contributed by atoms with Gasteiger partial charge in [0.05, 0.1) is 16.3 Å². The molecule has 1 saturated carbocycles. The maximum atomic E-state index is 11.7. The van der Waals surface area contributed by atoms with Crippen molar-refractivity contribution in [3.05, 3.63) is 18.2 Å². The summed E-state index contributed by atoms with van der Waals surface area (Å²) in [6.07, 6.45) is 4.72. The molecule has 0 aliphatic heterocycles. The van der Waals surface area contributed by atoms with Gasteiger partial charge in [0, 0.05) is 17.5 Å². The van der Waals surface area contributed by atoms with Crippen molar-refractivity contribution < 1.29 is 8.42 Å². The van der Waals surface area contributed by atoms with E-state index in [9.17, 15) is 8.42 Å². The summed E-state index contributed by atoms with van der Waals surface area (Å²) in [4.78, 5) is 0.209. The third-order valence-corrected chi connectivity index (χ3v) is 6.12. The number of benzene rings is 1. The maximum absolute atomic E-state index is 11.7. The quantitative estimate of drug-likeness (QED) is 0.818. The van der Waals surface area contributed by atoms with Crippen LogP contribution in [0.25, 0.3) is 0 Å². The van der Waals surface area contributed by atoms with E-state index >= 15 is 0 Å². The molecule has 0 aromatic heterocycles. The molecule has 2 atom stereocenters. The topological polar surface area (TPSA) is 72.2 Å². The van der Waals surface area contributed by atoms with E-state index in [2.05, 4.69) is 12.2 Å². The SMILES string of the molecule is CCSC1CCCC1Nc1cccc(S(C)(=O)=O)c1N. The van der Waals surface area contributed by atoms with Crippen molar-refractivity contribution in [2.75, 3.05) is 23.1 Å². The number of rotatable bonds is 5.